The lowest BCUT2D eigenvalue weighted by atomic mass is 9.96. The molecule has 0 spiro atoms. The summed E-state index contributed by atoms with van der Waals surface area (Å²) < 4.78 is 0. The van der Waals surface area contributed by atoms with Crippen LogP contribution in [0, 0.1) is 0 Å². The van der Waals surface area contributed by atoms with Gasteiger partial charge in [0.15, 0.2) is 0 Å². The first-order valence-corrected chi connectivity index (χ1v) is 5.59. The average Bonchev–Trinajstić information content (AvgIpc) is 2.65. The standard InChI is InChI=1S/C11H17N3O2/c1-14-4-2-3-8(7-14)9-6-12-10(13-9)5-11(15)16/h6,8H,2-5,7H2,1H3,(H,12,13)(H,15,16). The molecule has 88 valence electrons. The second-order valence-electron chi connectivity index (χ2n) is 4.46. The minimum absolute atomic E-state index is 0.0252. The topological polar surface area (TPSA) is 69.2 Å². The number of carboxylic acid groups (broad SMARTS) is 1. The van der Waals surface area contributed by atoms with Crippen LogP contribution in [0.1, 0.15) is 30.3 Å². The summed E-state index contributed by atoms with van der Waals surface area (Å²) in [6.45, 7) is 2.17. The molecule has 0 amide bonds. The Morgan fingerprint density at radius 3 is 3.25 bits per heavy atom. The highest BCUT2D eigenvalue weighted by molar-refractivity contribution is 5.68. The van der Waals surface area contributed by atoms with Crippen LogP contribution >= 0.6 is 0 Å². The van der Waals surface area contributed by atoms with Crippen molar-refractivity contribution in [2.45, 2.75) is 25.2 Å². The van der Waals surface area contributed by atoms with Crippen LogP contribution in [-0.2, 0) is 11.2 Å². The number of H-pyrrole nitrogens is 1. The van der Waals surface area contributed by atoms with Crippen molar-refractivity contribution in [2.75, 3.05) is 20.1 Å². The zero-order chi connectivity index (χ0) is 11.5. The van der Waals surface area contributed by atoms with Crippen LogP contribution in [0.15, 0.2) is 6.20 Å². The van der Waals surface area contributed by atoms with Crippen LogP contribution in [-0.4, -0.2) is 46.1 Å². The van der Waals surface area contributed by atoms with E-state index in [4.69, 9.17) is 5.11 Å². The summed E-state index contributed by atoms with van der Waals surface area (Å²) in [7, 11) is 2.11. The summed E-state index contributed by atoms with van der Waals surface area (Å²) in [5.74, 6) is 0.172. The predicted octanol–water partition coefficient (Wildman–Crippen LogP) is 0.846. The summed E-state index contributed by atoms with van der Waals surface area (Å²) in [5, 5.41) is 8.66. The number of hydrogen-bond acceptors (Lipinski definition) is 3. The van der Waals surface area contributed by atoms with Gasteiger partial charge in [0.05, 0.1) is 0 Å². The van der Waals surface area contributed by atoms with Crippen LogP contribution in [0.25, 0.3) is 0 Å². The van der Waals surface area contributed by atoms with Gasteiger partial charge in [-0.2, -0.15) is 0 Å². The monoisotopic (exact) mass is 223 g/mol. The molecular formula is C11H17N3O2. The molecule has 1 aliphatic heterocycles. The molecule has 2 N–H and O–H groups in total. The van der Waals surface area contributed by atoms with E-state index in [0.717, 1.165) is 25.2 Å². The van der Waals surface area contributed by atoms with E-state index in [1.807, 2.05) is 0 Å². The number of nitrogens with one attached hydrogen (secondary N) is 1. The third-order valence-corrected chi connectivity index (χ3v) is 3.03. The van der Waals surface area contributed by atoms with E-state index in [-0.39, 0.29) is 6.42 Å². The number of rotatable bonds is 3. The van der Waals surface area contributed by atoms with Gasteiger partial charge in [-0.25, -0.2) is 4.98 Å². The lowest BCUT2D eigenvalue weighted by molar-refractivity contribution is -0.136. The second kappa shape index (κ2) is 4.65. The normalized spacial score (nSPS) is 22.2. The predicted molar refractivity (Wildman–Crippen MR) is 59.4 cm³/mol. The molecule has 0 bridgehead atoms. The van der Waals surface area contributed by atoms with E-state index < -0.39 is 5.97 Å². The third kappa shape index (κ3) is 2.61. The van der Waals surface area contributed by atoms with Crippen molar-refractivity contribution in [2.24, 2.45) is 0 Å². The molecule has 5 nitrogen and oxygen atoms in total. The highest BCUT2D eigenvalue weighted by Crippen LogP contribution is 2.24. The van der Waals surface area contributed by atoms with Crippen LogP contribution < -0.4 is 0 Å². The Morgan fingerprint density at radius 1 is 1.75 bits per heavy atom. The number of piperidine rings is 1. The fourth-order valence-electron chi connectivity index (χ4n) is 2.24. The van der Waals surface area contributed by atoms with Crippen LogP contribution in [0.5, 0.6) is 0 Å². The van der Waals surface area contributed by atoms with Crippen LogP contribution in [0.3, 0.4) is 0 Å². The van der Waals surface area contributed by atoms with Crippen molar-refractivity contribution in [3.63, 3.8) is 0 Å². The first-order chi connectivity index (χ1) is 7.65. The quantitative estimate of drug-likeness (QED) is 0.797. The number of hydrogen-bond donors (Lipinski definition) is 2. The molecule has 0 radical (unpaired) electrons. The lowest BCUT2D eigenvalue weighted by Gasteiger charge is -2.28. The molecule has 5 heteroatoms. The van der Waals surface area contributed by atoms with E-state index in [2.05, 4.69) is 21.9 Å². The molecule has 16 heavy (non-hydrogen) atoms. The summed E-state index contributed by atoms with van der Waals surface area (Å²) in [4.78, 5) is 20.1. The minimum Gasteiger partial charge on any atom is -0.481 e. The Labute approximate surface area is 94.5 Å². The van der Waals surface area contributed by atoms with E-state index in [0.29, 0.717) is 11.7 Å². The van der Waals surface area contributed by atoms with Gasteiger partial charge in [0.1, 0.15) is 12.2 Å². The number of aromatic amines is 1. The van der Waals surface area contributed by atoms with Gasteiger partial charge < -0.3 is 15.0 Å². The first kappa shape index (κ1) is 11.1. The number of aliphatic carboxylic acids is 1. The molecule has 2 heterocycles. The molecular weight excluding hydrogens is 206 g/mol. The number of likely N-dealkylation sites (N-methyl/N-ethyl adjacent to an activating group) is 1. The fourth-order valence-corrected chi connectivity index (χ4v) is 2.24. The summed E-state index contributed by atoms with van der Waals surface area (Å²) in [5.41, 5.74) is 1.07. The van der Waals surface area contributed by atoms with Crippen LogP contribution in [0.2, 0.25) is 0 Å². The molecule has 0 aliphatic carbocycles. The largest absolute Gasteiger partial charge is 0.481 e. The summed E-state index contributed by atoms with van der Waals surface area (Å²) in [6.07, 6.45) is 4.10. The smallest absolute Gasteiger partial charge is 0.311 e. The van der Waals surface area contributed by atoms with Gasteiger partial charge in [0.2, 0.25) is 0 Å². The summed E-state index contributed by atoms with van der Waals surface area (Å²) >= 11 is 0. The molecule has 1 saturated heterocycles. The second-order valence-corrected chi connectivity index (χ2v) is 4.46. The highest BCUT2D eigenvalue weighted by Gasteiger charge is 2.20. The molecule has 1 aliphatic rings. The molecule has 1 unspecified atom stereocenters. The zero-order valence-electron chi connectivity index (χ0n) is 9.44. The van der Waals surface area contributed by atoms with E-state index in [9.17, 15) is 4.79 Å². The van der Waals surface area contributed by atoms with Gasteiger partial charge in [-0.05, 0) is 26.4 Å². The molecule has 1 fully saturated rings. The van der Waals surface area contributed by atoms with E-state index >= 15 is 0 Å². The molecule has 1 atom stereocenters. The van der Waals surface area contributed by atoms with Crippen molar-refractivity contribution in [1.82, 2.24) is 14.9 Å². The Balaban J connectivity index is 2.03. The number of carbonyl (C=O) groups is 1. The molecule has 0 saturated carbocycles. The molecule has 1 aromatic heterocycles. The van der Waals surface area contributed by atoms with Gasteiger partial charge in [-0.1, -0.05) is 0 Å². The number of likely N-dealkylation sites (tertiary alicyclic amines) is 1. The van der Waals surface area contributed by atoms with Crippen molar-refractivity contribution in [3.8, 4) is 0 Å². The van der Waals surface area contributed by atoms with E-state index in [1.165, 1.54) is 6.42 Å². The number of nitrogens with zero attached hydrogens (tertiary/aromatic N) is 2. The van der Waals surface area contributed by atoms with Crippen LogP contribution in [0.4, 0.5) is 0 Å². The van der Waals surface area contributed by atoms with Crippen molar-refractivity contribution >= 4 is 5.97 Å². The minimum atomic E-state index is -0.846. The van der Waals surface area contributed by atoms with Gasteiger partial charge in [-0.15, -0.1) is 0 Å². The third-order valence-electron chi connectivity index (χ3n) is 3.03. The maximum Gasteiger partial charge on any atom is 0.311 e. The number of aromatic nitrogens is 2. The average molecular weight is 223 g/mol. The van der Waals surface area contributed by atoms with Gasteiger partial charge in [-0.3, -0.25) is 4.79 Å². The number of imidazole rings is 1. The highest BCUT2D eigenvalue weighted by atomic mass is 16.4. The number of carboxylic acids is 1. The Bertz CT molecular complexity index is 375. The van der Waals surface area contributed by atoms with Gasteiger partial charge in [0.25, 0.3) is 0 Å². The van der Waals surface area contributed by atoms with Crippen molar-refractivity contribution < 1.29 is 9.90 Å². The Hall–Kier alpha value is -1.36. The molecule has 0 aromatic carbocycles. The van der Waals surface area contributed by atoms with Gasteiger partial charge >= 0.3 is 5.97 Å². The molecule has 1 aromatic rings. The Morgan fingerprint density at radius 2 is 2.56 bits per heavy atom. The van der Waals surface area contributed by atoms with E-state index in [1.54, 1.807) is 6.20 Å². The zero-order valence-corrected chi connectivity index (χ0v) is 9.44. The fraction of sp³-hybridized carbons (Fsp3) is 0.636. The van der Waals surface area contributed by atoms with Crippen molar-refractivity contribution in [3.05, 3.63) is 17.7 Å². The summed E-state index contributed by atoms with van der Waals surface area (Å²) in [6, 6.07) is 0. The molecule has 2 rings (SSSR count). The maximum atomic E-state index is 10.5. The maximum absolute atomic E-state index is 10.5. The lowest BCUT2D eigenvalue weighted by Crippen LogP contribution is -2.30. The van der Waals surface area contributed by atoms with Crippen molar-refractivity contribution in [1.29, 1.82) is 0 Å². The SMILES string of the molecule is CN1CCCC(c2cnc(CC(=O)O)[nH]2)C1. The van der Waals surface area contributed by atoms with Gasteiger partial charge in [0, 0.05) is 24.4 Å². The first-order valence-electron chi connectivity index (χ1n) is 5.59. The Kier molecular flexibility index (Phi) is 3.24.